The van der Waals surface area contributed by atoms with Crippen LogP contribution < -0.4 is 0 Å². The molecule has 1 N–H and O–H groups in total. The molecule has 1 heterocycles. The summed E-state index contributed by atoms with van der Waals surface area (Å²) in [6, 6.07) is 3.41. The van der Waals surface area contributed by atoms with Gasteiger partial charge in [0.1, 0.15) is 0 Å². The van der Waals surface area contributed by atoms with Crippen LogP contribution in [-0.2, 0) is 4.74 Å². The van der Waals surface area contributed by atoms with Gasteiger partial charge in [-0.05, 0) is 24.6 Å². The van der Waals surface area contributed by atoms with E-state index >= 15 is 0 Å². The Balaban J connectivity index is 2.65. The van der Waals surface area contributed by atoms with Crippen LogP contribution in [0.3, 0.4) is 0 Å². The van der Waals surface area contributed by atoms with Gasteiger partial charge in [-0.2, -0.15) is 0 Å². The zero-order valence-electron chi connectivity index (χ0n) is 6.87. The van der Waals surface area contributed by atoms with Gasteiger partial charge in [-0.1, -0.05) is 15.9 Å². The number of carbonyl (C=O) groups is 1. The van der Waals surface area contributed by atoms with Gasteiger partial charge in [0.2, 0.25) is 6.29 Å². The molecule has 1 unspecified atom stereocenters. The van der Waals surface area contributed by atoms with Gasteiger partial charge in [-0.3, -0.25) is 0 Å². The van der Waals surface area contributed by atoms with Crippen LogP contribution in [0.2, 0.25) is 0 Å². The molecule has 1 aromatic rings. The van der Waals surface area contributed by atoms with Gasteiger partial charge in [0.05, 0.1) is 5.56 Å². The molecule has 0 aromatic heterocycles. The summed E-state index contributed by atoms with van der Waals surface area (Å²) in [6.07, 6.45) is -1.11. The summed E-state index contributed by atoms with van der Waals surface area (Å²) in [4.78, 5) is 11.1. The molecule has 1 atom stereocenters. The lowest BCUT2D eigenvalue weighted by Gasteiger charge is -2.02. The second kappa shape index (κ2) is 2.82. The van der Waals surface area contributed by atoms with Gasteiger partial charge in [0, 0.05) is 10.0 Å². The lowest BCUT2D eigenvalue weighted by Crippen LogP contribution is -1.95. The molecule has 0 aliphatic carbocycles. The Labute approximate surface area is 83.5 Å². The first-order valence-electron chi connectivity index (χ1n) is 3.78. The van der Waals surface area contributed by atoms with Gasteiger partial charge < -0.3 is 9.84 Å². The summed E-state index contributed by atoms with van der Waals surface area (Å²) in [7, 11) is 0. The zero-order valence-corrected chi connectivity index (χ0v) is 8.46. The normalized spacial score (nSPS) is 19.9. The van der Waals surface area contributed by atoms with Crippen LogP contribution in [0, 0.1) is 6.92 Å². The minimum atomic E-state index is -1.11. The Bertz CT molecular complexity index is 387. The lowest BCUT2D eigenvalue weighted by molar-refractivity contribution is -0.0547. The summed E-state index contributed by atoms with van der Waals surface area (Å²) in [6.45, 7) is 1.88. The van der Waals surface area contributed by atoms with E-state index in [0.717, 1.165) is 10.0 Å². The van der Waals surface area contributed by atoms with E-state index in [1.165, 1.54) is 0 Å². The van der Waals surface area contributed by atoms with E-state index in [2.05, 4.69) is 20.7 Å². The molecule has 1 aliphatic heterocycles. The van der Waals surface area contributed by atoms with E-state index in [9.17, 15) is 9.90 Å². The third-order valence-corrected chi connectivity index (χ3v) is 2.89. The second-order valence-electron chi connectivity index (χ2n) is 2.95. The number of fused-ring (bicyclic) bond motifs is 1. The molecule has 4 heteroatoms. The standard InChI is InChI=1S/C9H7BrO3/c1-4-2-5-6(3-7(4)10)9(12)13-8(5)11/h2-3,9,12H,1H3. The van der Waals surface area contributed by atoms with Gasteiger partial charge in [-0.25, -0.2) is 4.79 Å². The molecule has 1 aromatic carbocycles. The van der Waals surface area contributed by atoms with Crippen LogP contribution in [0.1, 0.15) is 27.8 Å². The summed E-state index contributed by atoms with van der Waals surface area (Å²) in [5.41, 5.74) is 1.93. The largest absolute Gasteiger partial charge is 0.428 e. The predicted octanol–water partition coefficient (Wildman–Crippen LogP) is 1.92. The van der Waals surface area contributed by atoms with E-state index in [1.54, 1.807) is 12.1 Å². The van der Waals surface area contributed by atoms with Crippen molar-refractivity contribution < 1.29 is 14.6 Å². The maximum atomic E-state index is 11.1. The van der Waals surface area contributed by atoms with E-state index in [0.29, 0.717) is 11.1 Å². The van der Waals surface area contributed by atoms with Crippen molar-refractivity contribution in [2.45, 2.75) is 13.2 Å². The first-order valence-corrected chi connectivity index (χ1v) is 4.58. The van der Waals surface area contributed by atoms with Gasteiger partial charge in [0.15, 0.2) is 0 Å². The van der Waals surface area contributed by atoms with E-state index in [4.69, 9.17) is 0 Å². The fourth-order valence-electron chi connectivity index (χ4n) is 1.31. The molecule has 0 radical (unpaired) electrons. The number of aryl methyl sites for hydroxylation is 1. The molecule has 0 bridgehead atoms. The molecule has 13 heavy (non-hydrogen) atoms. The first-order chi connectivity index (χ1) is 6.09. The van der Waals surface area contributed by atoms with Crippen LogP contribution in [0.15, 0.2) is 16.6 Å². The fraction of sp³-hybridized carbons (Fsp3) is 0.222. The molecular weight excluding hydrogens is 236 g/mol. The minimum absolute atomic E-state index is 0.452. The molecule has 3 nitrogen and oxygen atoms in total. The monoisotopic (exact) mass is 242 g/mol. The zero-order chi connectivity index (χ0) is 9.59. The van der Waals surface area contributed by atoms with E-state index in [1.807, 2.05) is 6.92 Å². The van der Waals surface area contributed by atoms with Gasteiger partial charge in [0.25, 0.3) is 0 Å². The highest BCUT2D eigenvalue weighted by atomic mass is 79.9. The topological polar surface area (TPSA) is 46.5 Å². The van der Waals surface area contributed by atoms with Crippen LogP contribution in [0.4, 0.5) is 0 Å². The third kappa shape index (κ3) is 1.26. The average Bonchev–Trinajstić information content (AvgIpc) is 2.31. The summed E-state index contributed by atoms with van der Waals surface area (Å²) in [5, 5.41) is 9.30. The fourth-order valence-corrected chi connectivity index (χ4v) is 1.67. The number of benzene rings is 1. The summed E-state index contributed by atoms with van der Waals surface area (Å²) >= 11 is 3.32. The highest BCUT2D eigenvalue weighted by Crippen LogP contribution is 2.32. The molecule has 2 rings (SSSR count). The number of rotatable bonds is 0. The van der Waals surface area contributed by atoms with Crippen molar-refractivity contribution in [1.82, 2.24) is 0 Å². The summed E-state index contributed by atoms with van der Waals surface area (Å²) in [5.74, 6) is -0.460. The van der Waals surface area contributed by atoms with Gasteiger partial charge >= 0.3 is 5.97 Å². The minimum Gasteiger partial charge on any atom is -0.428 e. The van der Waals surface area contributed by atoms with Gasteiger partial charge in [-0.15, -0.1) is 0 Å². The number of esters is 1. The number of hydrogen-bond acceptors (Lipinski definition) is 3. The van der Waals surface area contributed by atoms with E-state index in [-0.39, 0.29) is 0 Å². The van der Waals surface area contributed by atoms with Crippen LogP contribution in [-0.4, -0.2) is 11.1 Å². The van der Waals surface area contributed by atoms with Crippen LogP contribution in [0.5, 0.6) is 0 Å². The number of aliphatic hydroxyl groups excluding tert-OH is 1. The van der Waals surface area contributed by atoms with Crippen molar-refractivity contribution in [2.75, 3.05) is 0 Å². The third-order valence-electron chi connectivity index (χ3n) is 2.04. The Kier molecular flexibility index (Phi) is 1.89. The number of aliphatic hydroxyl groups is 1. The summed E-state index contributed by atoms with van der Waals surface area (Å²) < 4.78 is 5.50. The first kappa shape index (κ1) is 8.72. The van der Waals surface area contributed by atoms with Crippen LogP contribution in [0.25, 0.3) is 0 Å². The molecular formula is C9H7BrO3. The maximum absolute atomic E-state index is 11.1. The molecule has 1 aliphatic rings. The highest BCUT2D eigenvalue weighted by molar-refractivity contribution is 9.10. The van der Waals surface area contributed by atoms with Crippen molar-refractivity contribution in [1.29, 1.82) is 0 Å². The van der Waals surface area contributed by atoms with Crippen molar-refractivity contribution in [2.24, 2.45) is 0 Å². The predicted molar refractivity (Wildman–Crippen MR) is 49.3 cm³/mol. The van der Waals surface area contributed by atoms with Crippen molar-refractivity contribution in [3.05, 3.63) is 33.3 Å². The van der Waals surface area contributed by atoms with Crippen molar-refractivity contribution in [3.8, 4) is 0 Å². The van der Waals surface area contributed by atoms with Crippen LogP contribution >= 0.6 is 15.9 Å². The SMILES string of the molecule is Cc1cc2c(cc1Br)C(O)OC2=O. The molecule has 0 saturated heterocycles. The smallest absolute Gasteiger partial charge is 0.341 e. The number of halogens is 1. The Morgan fingerprint density at radius 3 is 2.92 bits per heavy atom. The molecule has 68 valence electrons. The number of hydrogen-bond donors (Lipinski definition) is 1. The number of carbonyl (C=O) groups excluding carboxylic acids is 1. The number of ether oxygens (including phenoxy) is 1. The van der Waals surface area contributed by atoms with Crippen molar-refractivity contribution in [3.63, 3.8) is 0 Å². The quantitative estimate of drug-likeness (QED) is 0.708. The lowest BCUT2D eigenvalue weighted by atomic mass is 10.1. The highest BCUT2D eigenvalue weighted by Gasteiger charge is 2.29. The molecule has 0 spiro atoms. The Hall–Kier alpha value is -0.870. The number of cyclic esters (lactones) is 1. The Morgan fingerprint density at radius 2 is 2.23 bits per heavy atom. The van der Waals surface area contributed by atoms with E-state index < -0.39 is 12.3 Å². The average molecular weight is 243 g/mol. The second-order valence-corrected chi connectivity index (χ2v) is 3.80. The van der Waals surface area contributed by atoms with Crippen molar-refractivity contribution >= 4 is 21.9 Å². The molecule has 0 amide bonds. The maximum Gasteiger partial charge on any atom is 0.341 e. The molecule has 0 saturated carbocycles. The Morgan fingerprint density at radius 1 is 1.54 bits per heavy atom. The molecule has 0 fully saturated rings.